The summed E-state index contributed by atoms with van der Waals surface area (Å²) in [5.41, 5.74) is 0.970. The van der Waals surface area contributed by atoms with Crippen molar-refractivity contribution in [3.05, 3.63) is 48.7 Å². The predicted octanol–water partition coefficient (Wildman–Crippen LogP) is 2.67. The summed E-state index contributed by atoms with van der Waals surface area (Å²) in [7, 11) is 1.75. The van der Waals surface area contributed by atoms with Gasteiger partial charge in [-0.15, -0.1) is 5.10 Å². The number of amides is 2. The van der Waals surface area contributed by atoms with Crippen molar-refractivity contribution in [3.63, 3.8) is 0 Å². The molecule has 1 aliphatic heterocycles. The Hall–Kier alpha value is -3.49. The lowest BCUT2D eigenvalue weighted by Crippen LogP contribution is -2.39. The van der Waals surface area contributed by atoms with E-state index in [2.05, 4.69) is 20.4 Å². The molecule has 3 heterocycles. The summed E-state index contributed by atoms with van der Waals surface area (Å²) in [4.78, 5) is 34.9. The average molecular weight is 422 g/mol. The number of nitrogens with zero attached hydrogens (tertiary/aromatic N) is 5. The molecule has 1 saturated heterocycles. The van der Waals surface area contributed by atoms with E-state index in [0.29, 0.717) is 50.0 Å². The summed E-state index contributed by atoms with van der Waals surface area (Å²) >= 11 is 0. The number of piperidine rings is 1. The zero-order valence-corrected chi connectivity index (χ0v) is 17.5. The van der Waals surface area contributed by atoms with Gasteiger partial charge in [-0.25, -0.2) is 9.97 Å². The highest BCUT2D eigenvalue weighted by Gasteiger charge is 2.25. The van der Waals surface area contributed by atoms with E-state index in [4.69, 9.17) is 4.42 Å². The van der Waals surface area contributed by atoms with Gasteiger partial charge in [0.1, 0.15) is 6.33 Å². The Morgan fingerprint density at radius 3 is 2.65 bits per heavy atom. The molecule has 1 N–H and O–H groups in total. The molecule has 1 fully saturated rings. The first-order valence-corrected chi connectivity index (χ1v) is 10.5. The molecule has 3 aromatic rings. The van der Waals surface area contributed by atoms with E-state index < -0.39 is 0 Å². The van der Waals surface area contributed by atoms with Gasteiger partial charge in [0.25, 0.3) is 0 Å². The fraction of sp³-hybridized carbons (Fsp3) is 0.409. The van der Waals surface area contributed by atoms with Gasteiger partial charge in [0.2, 0.25) is 17.8 Å². The first kappa shape index (κ1) is 20.8. The van der Waals surface area contributed by atoms with Crippen LogP contribution in [0.4, 0.5) is 5.95 Å². The van der Waals surface area contributed by atoms with E-state index in [1.54, 1.807) is 24.3 Å². The molecule has 162 valence electrons. The topological polar surface area (TPSA) is 106 Å². The van der Waals surface area contributed by atoms with Crippen molar-refractivity contribution in [1.29, 1.82) is 0 Å². The minimum absolute atomic E-state index is 0.0888. The van der Waals surface area contributed by atoms with Crippen LogP contribution in [0.2, 0.25) is 0 Å². The van der Waals surface area contributed by atoms with Crippen LogP contribution in [0.25, 0.3) is 11.3 Å². The summed E-state index contributed by atoms with van der Waals surface area (Å²) in [5.74, 6) is 1.87. The molecular formula is C22H26N6O3. The van der Waals surface area contributed by atoms with Gasteiger partial charge in [0.05, 0.1) is 6.20 Å². The van der Waals surface area contributed by atoms with Gasteiger partial charge in [-0.05, 0) is 18.8 Å². The molecule has 1 aromatic carbocycles. The van der Waals surface area contributed by atoms with Crippen LogP contribution in [0.5, 0.6) is 0 Å². The van der Waals surface area contributed by atoms with Crippen LogP contribution in [0.15, 0.2) is 47.3 Å². The molecule has 0 radical (unpaired) electrons. The lowest BCUT2D eigenvalue weighted by atomic mass is 9.93. The molecule has 9 heteroatoms. The Morgan fingerprint density at radius 2 is 1.94 bits per heavy atom. The minimum Gasteiger partial charge on any atom is -0.441 e. The number of hydrogen-bond donors (Lipinski definition) is 1. The second kappa shape index (κ2) is 9.55. The predicted molar refractivity (Wildman–Crippen MR) is 114 cm³/mol. The molecule has 0 saturated carbocycles. The van der Waals surface area contributed by atoms with E-state index in [-0.39, 0.29) is 17.7 Å². The zero-order valence-electron chi connectivity index (χ0n) is 17.5. The molecule has 9 nitrogen and oxygen atoms in total. The maximum absolute atomic E-state index is 12.6. The minimum atomic E-state index is -0.0888. The van der Waals surface area contributed by atoms with Crippen LogP contribution >= 0.6 is 0 Å². The highest BCUT2D eigenvalue weighted by atomic mass is 16.4. The normalized spacial score (nSPS) is 14.5. The Labute approximate surface area is 180 Å². The van der Waals surface area contributed by atoms with Crippen molar-refractivity contribution >= 4 is 17.8 Å². The Morgan fingerprint density at radius 1 is 1.16 bits per heavy atom. The molecule has 2 amide bonds. The standard InChI is InChI=1S/C22H26N6O3/c1-27-15-24-22(26-27)25-19(29)13-16-9-11-28(12-10-16)21(30)8-7-20-23-14-18(31-20)17-5-3-2-4-6-17/h2-6,14-16H,7-13H2,1H3,(H,25,26,29). The third kappa shape index (κ3) is 5.56. The van der Waals surface area contributed by atoms with Crippen LogP contribution in [0, 0.1) is 5.92 Å². The number of hydrogen-bond acceptors (Lipinski definition) is 6. The van der Waals surface area contributed by atoms with E-state index >= 15 is 0 Å². The third-order valence-corrected chi connectivity index (χ3v) is 5.46. The number of nitrogens with one attached hydrogen (secondary N) is 1. The van der Waals surface area contributed by atoms with Gasteiger partial charge in [-0.2, -0.15) is 0 Å². The number of carbonyl (C=O) groups is 2. The molecule has 0 bridgehead atoms. The molecule has 0 aliphatic carbocycles. The van der Waals surface area contributed by atoms with Crippen LogP contribution in [0.1, 0.15) is 31.6 Å². The highest BCUT2D eigenvalue weighted by Crippen LogP contribution is 2.23. The SMILES string of the molecule is Cn1cnc(NC(=O)CC2CCN(C(=O)CCc3ncc(-c4ccccc4)o3)CC2)n1. The van der Waals surface area contributed by atoms with E-state index in [1.165, 1.54) is 0 Å². The number of aromatic nitrogens is 4. The summed E-state index contributed by atoms with van der Waals surface area (Å²) in [5, 5.41) is 6.77. The van der Waals surface area contributed by atoms with Gasteiger partial charge >= 0.3 is 0 Å². The van der Waals surface area contributed by atoms with Gasteiger partial charge in [0.15, 0.2) is 11.7 Å². The molecule has 2 aromatic heterocycles. The molecule has 1 aliphatic rings. The number of carbonyl (C=O) groups excluding carboxylic acids is 2. The van der Waals surface area contributed by atoms with Crippen LogP contribution < -0.4 is 5.32 Å². The fourth-order valence-electron chi connectivity index (χ4n) is 3.75. The second-order valence-corrected chi connectivity index (χ2v) is 7.80. The van der Waals surface area contributed by atoms with Gasteiger partial charge in [-0.1, -0.05) is 30.3 Å². The summed E-state index contributed by atoms with van der Waals surface area (Å²) in [6.07, 6.45) is 6.12. The Kier molecular flexibility index (Phi) is 6.40. The van der Waals surface area contributed by atoms with Crippen molar-refractivity contribution < 1.29 is 14.0 Å². The lowest BCUT2D eigenvalue weighted by Gasteiger charge is -2.31. The number of rotatable bonds is 7. The number of likely N-dealkylation sites (tertiary alicyclic amines) is 1. The molecule has 0 unspecified atom stereocenters. The van der Waals surface area contributed by atoms with Gasteiger partial charge in [-0.3, -0.25) is 19.6 Å². The number of oxazole rings is 1. The van der Waals surface area contributed by atoms with E-state index in [0.717, 1.165) is 18.4 Å². The van der Waals surface area contributed by atoms with Crippen molar-refractivity contribution in [2.45, 2.75) is 32.1 Å². The molecule has 0 spiro atoms. The zero-order chi connectivity index (χ0) is 21.6. The summed E-state index contributed by atoms with van der Waals surface area (Å²) in [6, 6.07) is 9.78. The van der Waals surface area contributed by atoms with E-state index in [9.17, 15) is 9.59 Å². The largest absolute Gasteiger partial charge is 0.441 e. The van der Waals surface area contributed by atoms with Crippen molar-refractivity contribution in [3.8, 4) is 11.3 Å². The van der Waals surface area contributed by atoms with Crippen molar-refractivity contribution in [2.24, 2.45) is 13.0 Å². The third-order valence-electron chi connectivity index (χ3n) is 5.46. The molecule has 0 atom stereocenters. The maximum Gasteiger partial charge on any atom is 0.248 e. The molecule has 4 rings (SSSR count). The second-order valence-electron chi connectivity index (χ2n) is 7.80. The highest BCUT2D eigenvalue weighted by molar-refractivity contribution is 5.89. The van der Waals surface area contributed by atoms with Crippen molar-refractivity contribution in [1.82, 2.24) is 24.6 Å². The monoisotopic (exact) mass is 422 g/mol. The smallest absolute Gasteiger partial charge is 0.248 e. The molecular weight excluding hydrogens is 396 g/mol. The first-order chi connectivity index (χ1) is 15.1. The Balaban J connectivity index is 1.19. The quantitative estimate of drug-likeness (QED) is 0.627. The summed E-state index contributed by atoms with van der Waals surface area (Å²) < 4.78 is 7.32. The maximum atomic E-state index is 12.6. The number of aryl methyl sites for hydroxylation is 2. The van der Waals surface area contributed by atoms with Gasteiger partial charge in [0, 0.05) is 45.0 Å². The van der Waals surface area contributed by atoms with Crippen LogP contribution in [0.3, 0.4) is 0 Å². The lowest BCUT2D eigenvalue weighted by molar-refractivity contribution is -0.132. The first-order valence-electron chi connectivity index (χ1n) is 10.5. The van der Waals surface area contributed by atoms with Crippen molar-refractivity contribution in [2.75, 3.05) is 18.4 Å². The van der Waals surface area contributed by atoms with Crippen LogP contribution in [-0.2, 0) is 23.1 Å². The number of anilines is 1. The van der Waals surface area contributed by atoms with E-state index in [1.807, 2.05) is 35.2 Å². The average Bonchev–Trinajstić information content (AvgIpc) is 3.42. The summed E-state index contributed by atoms with van der Waals surface area (Å²) in [6.45, 7) is 1.33. The van der Waals surface area contributed by atoms with Gasteiger partial charge < -0.3 is 9.32 Å². The molecule has 31 heavy (non-hydrogen) atoms. The number of benzene rings is 1. The Bertz CT molecular complexity index is 1020. The fourth-order valence-corrected chi connectivity index (χ4v) is 3.75. The van der Waals surface area contributed by atoms with Crippen LogP contribution in [-0.4, -0.2) is 49.6 Å².